The molecule has 1 N–H and O–H groups in total. The number of allylic oxidation sites excluding steroid dienone is 1. The Morgan fingerprint density at radius 3 is 2.45 bits per heavy atom. The zero-order valence-electron chi connectivity index (χ0n) is 23.1. The number of hydrogen-bond acceptors (Lipinski definition) is 7. The van der Waals surface area contributed by atoms with Crippen LogP contribution >= 0.6 is 23.4 Å². The van der Waals surface area contributed by atoms with Crippen LogP contribution in [0.5, 0.6) is 5.75 Å². The molecular formula is C31H31ClN4O3S. The van der Waals surface area contributed by atoms with Crippen LogP contribution in [0, 0.1) is 20.8 Å². The van der Waals surface area contributed by atoms with Crippen LogP contribution in [0.1, 0.15) is 46.3 Å². The van der Waals surface area contributed by atoms with Crippen molar-refractivity contribution >= 4 is 35.3 Å². The molecule has 0 amide bonds. The summed E-state index contributed by atoms with van der Waals surface area (Å²) in [4.78, 5) is 17.6. The number of rotatable bonds is 8. The molecule has 4 aromatic rings. The maximum absolute atomic E-state index is 12.9. The van der Waals surface area contributed by atoms with E-state index >= 15 is 0 Å². The standard InChI is InChI=1S/C31H31ClN4O3S/c1-18-14-20(3)24(15-19(18)2)16-39-25-12-10-22(11-13-25)28-27(29(37)38-5)21(4)33-30-34-31(35-36(28)30)40-17-23-8-6-7-9-26(23)32/h6-15,28H,16-17H2,1-5H3,(H,33,34,35). The molecule has 0 radical (unpaired) electrons. The Kier molecular flexibility index (Phi) is 8.19. The van der Waals surface area contributed by atoms with Gasteiger partial charge in [0, 0.05) is 16.5 Å². The normalized spacial score (nSPS) is 14.5. The second-order valence-electron chi connectivity index (χ2n) is 9.82. The number of nitrogens with one attached hydrogen (secondary N) is 1. The van der Waals surface area contributed by atoms with Crippen molar-refractivity contribution in [1.29, 1.82) is 0 Å². The topological polar surface area (TPSA) is 78.3 Å². The first-order chi connectivity index (χ1) is 19.2. The van der Waals surface area contributed by atoms with Gasteiger partial charge < -0.3 is 14.8 Å². The summed E-state index contributed by atoms with van der Waals surface area (Å²) >= 11 is 7.82. The quantitative estimate of drug-likeness (QED) is 0.176. The van der Waals surface area contributed by atoms with Gasteiger partial charge in [0.2, 0.25) is 11.1 Å². The fourth-order valence-electron chi connectivity index (χ4n) is 4.72. The molecule has 0 fully saturated rings. The van der Waals surface area contributed by atoms with E-state index in [4.69, 9.17) is 31.2 Å². The van der Waals surface area contributed by atoms with Gasteiger partial charge in [-0.15, -0.1) is 5.10 Å². The predicted octanol–water partition coefficient (Wildman–Crippen LogP) is 7.19. The number of ether oxygens (including phenoxy) is 2. The number of nitrogens with zero attached hydrogens (tertiary/aromatic N) is 3. The van der Waals surface area contributed by atoms with E-state index in [-0.39, 0.29) is 0 Å². The summed E-state index contributed by atoms with van der Waals surface area (Å²) in [5.74, 6) is 1.50. The Morgan fingerprint density at radius 2 is 1.73 bits per heavy atom. The maximum atomic E-state index is 12.9. The molecule has 0 spiro atoms. The highest BCUT2D eigenvalue weighted by atomic mass is 35.5. The van der Waals surface area contributed by atoms with E-state index in [0.29, 0.717) is 39.8 Å². The van der Waals surface area contributed by atoms with Crippen molar-refractivity contribution in [3.05, 3.63) is 110 Å². The van der Waals surface area contributed by atoms with Crippen LogP contribution in [0.15, 0.2) is 77.1 Å². The van der Waals surface area contributed by atoms with E-state index in [1.54, 1.807) is 4.68 Å². The molecule has 40 heavy (non-hydrogen) atoms. The fraction of sp³-hybridized carbons (Fsp3) is 0.258. The van der Waals surface area contributed by atoms with Gasteiger partial charge in [0.25, 0.3) is 0 Å². The number of anilines is 1. The summed E-state index contributed by atoms with van der Waals surface area (Å²) in [7, 11) is 1.38. The molecule has 1 aliphatic heterocycles. The molecule has 1 aromatic heterocycles. The van der Waals surface area contributed by atoms with Crippen molar-refractivity contribution in [2.75, 3.05) is 12.4 Å². The van der Waals surface area contributed by atoms with Gasteiger partial charge in [0.1, 0.15) is 18.4 Å². The highest BCUT2D eigenvalue weighted by Crippen LogP contribution is 2.38. The second kappa shape index (κ2) is 11.8. The lowest BCUT2D eigenvalue weighted by Gasteiger charge is -2.27. The van der Waals surface area contributed by atoms with Crippen LogP contribution in [0.4, 0.5) is 5.95 Å². The molecule has 0 bridgehead atoms. The van der Waals surface area contributed by atoms with Gasteiger partial charge in [-0.25, -0.2) is 9.48 Å². The van der Waals surface area contributed by atoms with Crippen LogP contribution in [0.25, 0.3) is 0 Å². The lowest BCUT2D eigenvalue weighted by Crippen LogP contribution is -2.29. The molecule has 3 aromatic carbocycles. The summed E-state index contributed by atoms with van der Waals surface area (Å²) in [5, 5.41) is 9.27. The average Bonchev–Trinajstić information content (AvgIpc) is 3.35. The largest absolute Gasteiger partial charge is 0.489 e. The van der Waals surface area contributed by atoms with Gasteiger partial charge in [0.05, 0.1) is 12.7 Å². The van der Waals surface area contributed by atoms with Crippen LogP contribution < -0.4 is 10.1 Å². The van der Waals surface area contributed by atoms with Crippen molar-refractivity contribution < 1.29 is 14.3 Å². The van der Waals surface area contributed by atoms with Gasteiger partial charge in [-0.1, -0.05) is 65.8 Å². The van der Waals surface area contributed by atoms with Crippen molar-refractivity contribution in [2.24, 2.45) is 0 Å². The van der Waals surface area contributed by atoms with E-state index in [2.05, 4.69) is 38.2 Å². The third kappa shape index (κ3) is 5.74. The Bertz CT molecular complexity index is 1600. The molecule has 5 rings (SSSR count). The number of aromatic nitrogens is 3. The van der Waals surface area contributed by atoms with Gasteiger partial charge >= 0.3 is 5.97 Å². The highest BCUT2D eigenvalue weighted by Gasteiger charge is 2.35. The molecule has 7 nitrogen and oxygen atoms in total. The summed E-state index contributed by atoms with van der Waals surface area (Å²) in [6, 6.07) is 19.3. The molecule has 1 unspecified atom stereocenters. The minimum atomic E-state index is -0.512. The zero-order chi connectivity index (χ0) is 28.4. The van der Waals surface area contributed by atoms with Crippen LogP contribution in [-0.4, -0.2) is 27.8 Å². The van der Waals surface area contributed by atoms with Crippen molar-refractivity contribution in [1.82, 2.24) is 14.8 Å². The Morgan fingerprint density at radius 1 is 1.00 bits per heavy atom. The molecule has 1 aliphatic rings. The molecule has 0 saturated carbocycles. The number of methoxy groups -OCH3 is 1. The fourth-order valence-corrected chi connectivity index (χ4v) is 5.83. The first-order valence-corrected chi connectivity index (χ1v) is 14.3. The Hall–Kier alpha value is -3.75. The van der Waals surface area contributed by atoms with Crippen molar-refractivity contribution in [3.63, 3.8) is 0 Å². The summed E-state index contributed by atoms with van der Waals surface area (Å²) < 4.78 is 13.0. The second-order valence-corrected chi connectivity index (χ2v) is 11.2. The predicted molar refractivity (Wildman–Crippen MR) is 159 cm³/mol. The number of thioether (sulfide) groups is 1. The number of aryl methyl sites for hydroxylation is 3. The van der Waals surface area contributed by atoms with Gasteiger partial charge in [-0.05, 0) is 79.3 Å². The molecule has 9 heteroatoms. The van der Waals surface area contributed by atoms with E-state index in [9.17, 15) is 4.79 Å². The van der Waals surface area contributed by atoms with Crippen LogP contribution in [0.3, 0.4) is 0 Å². The van der Waals surface area contributed by atoms with Crippen molar-refractivity contribution in [3.8, 4) is 5.75 Å². The summed E-state index contributed by atoms with van der Waals surface area (Å²) in [6.07, 6.45) is 0. The molecule has 206 valence electrons. The maximum Gasteiger partial charge on any atom is 0.338 e. The number of carbonyl (C=O) groups is 1. The average molecular weight is 575 g/mol. The Balaban J connectivity index is 1.40. The summed E-state index contributed by atoms with van der Waals surface area (Å²) in [6.45, 7) is 8.65. The third-order valence-electron chi connectivity index (χ3n) is 7.10. The molecule has 0 aliphatic carbocycles. The van der Waals surface area contributed by atoms with Gasteiger partial charge in [0.15, 0.2) is 0 Å². The number of halogens is 1. The summed E-state index contributed by atoms with van der Waals surface area (Å²) in [5.41, 5.74) is 7.90. The zero-order valence-corrected chi connectivity index (χ0v) is 24.7. The van der Waals surface area contributed by atoms with E-state index in [0.717, 1.165) is 22.4 Å². The van der Waals surface area contributed by atoms with Crippen molar-refractivity contribution in [2.45, 2.75) is 51.3 Å². The lowest BCUT2D eigenvalue weighted by atomic mass is 9.96. The number of benzene rings is 3. The van der Waals surface area contributed by atoms with Gasteiger partial charge in [-0.2, -0.15) is 4.98 Å². The molecule has 0 saturated heterocycles. The van der Waals surface area contributed by atoms with Gasteiger partial charge in [-0.3, -0.25) is 0 Å². The Labute approximate surface area is 243 Å². The van der Waals surface area contributed by atoms with E-state index in [1.807, 2.05) is 55.5 Å². The first kappa shape index (κ1) is 27.8. The SMILES string of the molecule is COC(=O)C1=C(C)Nc2nc(SCc3ccccc3Cl)nn2C1c1ccc(OCc2cc(C)c(C)cc2C)cc1. The van der Waals surface area contributed by atoms with Crippen LogP contribution in [-0.2, 0) is 21.9 Å². The highest BCUT2D eigenvalue weighted by molar-refractivity contribution is 7.98. The van der Waals surface area contributed by atoms with E-state index < -0.39 is 12.0 Å². The van der Waals surface area contributed by atoms with Crippen LogP contribution in [0.2, 0.25) is 5.02 Å². The number of esters is 1. The molecule has 2 heterocycles. The molecule has 1 atom stereocenters. The smallest absolute Gasteiger partial charge is 0.338 e. The van der Waals surface area contributed by atoms with E-state index in [1.165, 1.54) is 35.6 Å². The molecular weight excluding hydrogens is 544 g/mol. The minimum Gasteiger partial charge on any atom is -0.489 e. The lowest BCUT2D eigenvalue weighted by molar-refractivity contribution is -0.136. The number of fused-ring (bicyclic) bond motifs is 1. The number of carbonyl (C=O) groups excluding carboxylic acids is 1. The first-order valence-electron chi connectivity index (χ1n) is 12.9. The number of hydrogen-bond donors (Lipinski definition) is 1. The minimum absolute atomic E-state index is 0.424. The monoisotopic (exact) mass is 574 g/mol. The third-order valence-corrected chi connectivity index (χ3v) is 8.35.